The minimum atomic E-state index is -2.31. The number of esters is 2. The first kappa shape index (κ1) is 72.5. The first-order valence-electron chi connectivity index (χ1n) is 21.2. The fourth-order valence-electron chi connectivity index (χ4n) is 3.14. The molecule has 26 heteroatoms. The highest BCUT2D eigenvalue weighted by Gasteiger charge is 2.58. The number of hydrogen-bond acceptors (Lipinski definition) is 20. The van der Waals surface area contributed by atoms with Crippen LogP contribution in [0.2, 0.25) is 0 Å². The van der Waals surface area contributed by atoms with Crippen molar-refractivity contribution in [1.29, 1.82) is 0 Å². The SMILES string of the molecule is CC(C)C(=O)O.CC(C)C(=O)O.CC(C)C(=O)O.CC(C)C(=O)O.CC(C)C(=O)O.CC(C)C(=O)O.CC(C)C(=O)OC(=O)COC[C@H]1O[C@H](O[C@]2(CO)O[C@H](CO)[C@@H](O)[C@@H]2O)[C@H](O)[C@@H](O)[C@@H]1O. The van der Waals surface area contributed by atoms with Gasteiger partial charge in [0.1, 0.15) is 55.9 Å². The smallest absolute Gasteiger partial charge is 0.339 e. The van der Waals surface area contributed by atoms with Crippen molar-refractivity contribution in [2.75, 3.05) is 26.4 Å². The molecule has 0 radical (unpaired) electrons. The lowest BCUT2D eigenvalue weighted by atomic mass is 9.99. The monoisotopic (exact) mass is 998 g/mol. The van der Waals surface area contributed by atoms with Crippen LogP contribution < -0.4 is 0 Å². The summed E-state index contributed by atoms with van der Waals surface area (Å²) >= 11 is 0. The maximum Gasteiger partial charge on any atom is 0.339 e. The third-order valence-electron chi connectivity index (χ3n) is 8.04. The molecule has 402 valence electrons. The molecule has 2 aliphatic heterocycles. The van der Waals surface area contributed by atoms with Crippen LogP contribution in [0, 0.1) is 41.4 Å². The summed E-state index contributed by atoms with van der Waals surface area (Å²) in [5.74, 6) is -10.4. The molecule has 9 atom stereocenters. The lowest BCUT2D eigenvalue weighted by Gasteiger charge is -2.43. The van der Waals surface area contributed by atoms with Gasteiger partial charge in [-0.1, -0.05) is 96.9 Å². The van der Waals surface area contributed by atoms with Gasteiger partial charge in [0.2, 0.25) is 5.79 Å². The van der Waals surface area contributed by atoms with Crippen molar-refractivity contribution in [2.45, 2.75) is 152 Å². The van der Waals surface area contributed by atoms with Gasteiger partial charge < -0.3 is 90.1 Å². The fourth-order valence-corrected chi connectivity index (χ4v) is 3.14. The van der Waals surface area contributed by atoms with E-state index >= 15 is 0 Å². The number of aliphatic carboxylic acids is 6. The normalized spacial score (nSPS) is 23.6. The number of ether oxygens (including phenoxy) is 5. The van der Waals surface area contributed by atoms with Crippen LogP contribution in [0.4, 0.5) is 0 Å². The van der Waals surface area contributed by atoms with Crippen LogP contribution in [-0.4, -0.2) is 195 Å². The topological polar surface area (TPSA) is 446 Å². The average molecular weight is 999 g/mol. The molecule has 0 unspecified atom stereocenters. The predicted molar refractivity (Wildman–Crippen MR) is 233 cm³/mol. The lowest BCUT2D eigenvalue weighted by molar-refractivity contribution is -0.384. The number of carbonyl (C=O) groups excluding carboxylic acids is 2. The lowest BCUT2D eigenvalue weighted by Crippen LogP contribution is -2.62. The van der Waals surface area contributed by atoms with E-state index in [1.807, 2.05) is 0 Å². The van der Waals surface area contributed by atoms with Gasteiger partial charge >= 0.3 is 47.8 Å². The zero-order valence-electron chi connectivity index (χ0n) is 41.1. The van der Waals surface area contributed by atoms with Crippen molar-refractivity contribution in [3.05, 3.63) is 0 Å². The van der Waals surface area contributed by atoms with Gasteiger partial charge in [-0.05, 0) is 0 Å². The van der Waals surface area contributed by atoms with E-state index in [9.17, 15) is 74.1 Å². The average Bonchev–Trinajstić information content (AvgIpc) is 3.47. The molecule has 68 heavy (non-hydrogen) atoms. The summed E-state index contributed by atoms with van der Waals surface area (Å²) < 4.78 is 25.5. The third-order valence-corrected chi connectivity index (χ3v) is 8.04. The van der Waals surface area contributed by atoms with E-state index in [-0.39, 0.29) is 35.5 Å². The van der Waals surface area contributed by atoms with E-state index in [4.69, 9.17) is 49.6 Å². The molecule has 2 fully saturated rings. The highest BCUT2D eigenvalue weighted by atomic mass is 16.8. The Morgan fingerprint density at radius 1 is 0.485 bits per heavy atom. The fraction of sp³-hybridized carbons (Fsp3) is 0.810. The molecule has 0 aromatic rings. The highest BCUT2D eigenvalue weighted by molar-refractivity contribution is 5.86. The predicted octanol–water partition coefficient (Wildman–Crippen LogP) is -0.283. The van der Waals surface area contributed by atoms with Crippen LogP contribution in [0.3, 0.4) is 0 Å². The molecule has 13 N–H and O–H groups in total. The van der Waals surface area contributed by atoms with Gasteiger partial charge in [-0.25, -0.2) is 4.79 Å². The van der Waals surface area contributed by atoms with Crippen LogP contribution in [0.1, 0.15) is 96.9 Å². The number of carbonyl (C=O) groups is 8. The van der Waals surface area contributed by atoms with Crippen LogP contribution in [0.5, 0.6) is 0 Å². The summed E-state index contributed by atoms with van der Waals surface area (Å²) in [6.45, 7) is 19.8. The Balaban J connectivity index is -0.000000294. The number of hydrogen-bond donors (Lipinski definition) is 13. The van der Waals surface area contributed by atoms with E-state index in [0.717, 1.165) is 0 Å². The van der Waals surface area contributed by atoms with E-state index in [1.54, 1.807) is 83.1 Å². The summed E-state index contributed by atoms with van der Waals surface area (Å²) in [4.78, 5) is 81.2. The standard InChI is InChI=1S/C18H30O14.6C4H8O2/c1-7(2)16(27)30-10(21)5-28-4-9-11(22)13(24)14(25)17(29-9)32-18(6-20)15(26)12(23)8(3-19)31-18;6*1-3(2)4(5)6/h7-9,11-15,17,19-20,22-26H,3-6H2,1-2H3;6*3H,1-2H3,(H,5,6)/t8-,9-,11-,12-,13+,14-,15+,17-,18+;;;;;;/m1....../s1. The van der Waals surface area contributed by atoms with Crippen LogP contribution >= 0.6 is 0 Å². The molecule has 2 rings (SSSR count). The van der Waals surface area contributed by atoms with Crippen molar-refractivity contribution in [3.8, 4) is 0 Å². The van der Waals surface area contributed by atoms with Gasteiger partial charge in [-0.15, -0.1) is 0 Å². The Morgan fingerprint density at radius 2 is 0.809 bits per heavy atom. The van der Waals surface area contributed by atoms with Gasteiger partial charge in [0.15, 0.2) is 6.29 Å². The number of aliphatic hydroxyl groups is 7. The van der Waals surface area contributed by atoms with Gasteiger partial charge in [0.25, 0.3) is 0 Å². The molecule has 0 spiro atoms. The van der Waals surface area contributed by atoms with E-state index < -0.39 is 135 Å². The van der Waals surface area contributed by atoms with Crippen LogP contribution in [0.15, 0.2) is 0 Å². The van der Waals surface area contributed by atoms with Crippen molar-refractivity contribution < 1.29 is 128 Å². The molecule has 0 amide bonds. The molecule has 2 aliphatic rings. The maximum absolute atomic E-state index is 11.6. The Bertz CT molecular complexity index is 1340. The van der Waals surface area contributed by atoms with Crippen molar-refractivity contribution in [1.82, 2.24) is 0 Å². The molecule has 0 aromatic heterocycles. The zero-order chi connectivity index (χ0) is 55.1. The van der Waals surface area contributed by atoms with Gasteiger partial charge in [-0.2, -0.15) is 0 Å². The minimum Gasteiger partial charge on any atom is -0.481 e. The van der Waals surface area contributed by atoms with E-state index in [2.05, 4.69) is 4.74 Å². The number of aliphatic hydroxyl groups excluding tert-OH is 7. The largest absolute Gasteiger partial charge is 0.481 e. The Hall–Kier alpha value is -4.48. The first-order valence-corrected chi connectivity index (χ1v) is 21.2. The number of rotatable bonds is 15. The van der Waals surface area contributed by atoms with Crippen molar-refractivity contribution >= 4 is 47.8 Å². The van der Waals surface area contributed by atoms with Crippen LogP contribution in [0.25, 0.3) is 0 Å². The van der Waals surface area contributed by atoms with Crippen LogP contribution in [-0.2, 0) is 62.0 Å². The maximum atomic E-state index is 11.6. The quantitative estimate of drug-likeness (QED) is 0.0741. The first-order chi connectivity index (χ1) is 30.8. The molecule has 0 bridgehead atoms. The minimum absolute atomic E-state index is 0.231. The number of carboxylic acids is 6. The number of carboxylic acid groups (broad SMARTS) is 6. The van der Waals surface area contributed by atoms with Crippen molar-refractivity contribution in [3.63, 3.8) is 0 Å². The highest BCUT2D eigenvalue weighted by Crippen LogP contribution is 2.36. The Labute approximate surface area is 395 Å². The summed E-state index contributed by atoms with van der Waals surface area (Å²) in [5.41, 5.74) is 0. The summed E-state index contributed by atoms with van der Waals surface area (Å²) in [6.07, 6.45) is -13.3. The second-order valence-electron chi connectivity index (χ2n) is 16.8. The molecular weight excluding hydrogens is 920 g/mol. The second-order valence-corrected chi connectivity index (χ2v) is 16.8. The molecule has 2 saturated heterocycles. The Morgan fingerprint density at radius 3 is 1.06 bits per heavy atom. The molecule has 0 aromatic carbocycles. The van der Waals surface area contributed by atoms with E-state index in [0.29, 0.717) is 0 Å². The summed E-state index contributed by atoms with van der Waals surface area (Å²) in [6, 6.07) is 0. The van der Waals surface area contributed by atoms with E-state index in [1.165, 1.54) is 13.8 Å². The molecule has 2 heterocycles. The third kappa shape index (κ3) is 33.1. The molecule has 0 aliphatic carbocycles. The summed E-state index contributed by atoms with van der Waals surface area (Å²) in [5, 5.41) is 117. The second kappa shape index (κ2) is 37.4. The van der Waals surface area contributed by atoms with Crippen molar-refractivity contribution in [2.24, 2.45) is 41.4 Å². The molecular formula is C42H78O26. The summed E-state index contributed by atoms with van der Waals surface area (Å²) in [7, 11) is 0. The molecule has 26 nitrogen and oxygen atoms in total. The van der Waals surface area contributed by atoms with Gasteiger partial charge in [0.05, 0.1) is 54.6 Å². The molecule has 0 saturated carbocycles. The van der Waals surface area contributed by atoms with Gasteiger partial charge in [-0.3, -0.25) is 33.6 Å². The zero-order valence-corrected chi connectivity index (χ0v) is 41.1. The van der Waals surface area contributed by atoms with Gasteiger partial charge in [0, 0.05) is 0 Å². The Kier molecular flexibility index (Phi) is 39.9.